The first-order valence-corrected chi connectivity index (χ1v) is 7.55. The van der Waals surface area contributed by atoms with Crippen molar-refractivity contribution in [3.05, 3.63) is 72.9 Å². The molecule has 25 heavy (non-hydrogen) atoms. The number of nitrogens with zero attached hydrogens (tertiary/aromatic N) is 4. The smallest absolute Gasteiger partial charge is 0.259 e. The van der Waals surface area contributed by atoms with Gasteiger partial charge in [0.05, 0.1) is 11.3 Å². The second kappa shape index (κ2) is 6.04. The van der Waals surface area contributed by atoms with Crippen LogP contribution in [0.15, 0.2) is 67.4 Å². The van der Waals surface area contributed by atoms with Gasteiger partial charge in [-0.1, -0.05) is 12.1 Å². The predicted molar refractivity (Wildman–Crippen MR) is 92.7 cm³/mol. The molecule has 2 aromatic heterocycles. The quantitative estimate of drug-likeness (QED) is 0.602. The van der Waals surface area contributed by atoms with Gasteiger partial charge in [0, 0.05) is 17.3 Å². The normalized spacial score (nSPS) is 10.7. The molecule has 0 aliphatic heterocycles. The monoisotopic (exact) mass is 331 g/mol. The van der Waals surface area contributed by atoms with Gasteiger partial charge in [0.2, 0.25) is 0 Å². The highest BCUT2D eigenvalue weighted by atomic mass is 16.3. The third-order valence-electron chi connectivity index (χ3n) is 3.80. The number of nitrogens with one attached hydrogen (secondary N) is 1. The molecule has 0 unspecified atom stereocenters. The van der Waals surface area contributed by atoms with Crippen LogP contribution < -0.4 is 5.32 Å². The first-order chi connectivity index (χ1) is 12.2. The molecule has 7 heteroatoms. The van der Waals surface area contributed by atoms with Gasteiger partial charge in [-0.2, -0.15) is 5.10 Å². The van der Waals surface area contributed by atoms with Gasteiger partial charge in [-0.15, -0.1) is 0 Å². The van der Waals surface area contributed by atoms with Crippen molar-refractivity contribution < 1.29 is 9.90 Å². The van der Waals surface area contributed by atoms with E-state index in [1.54, 1.807) is 47.5 Å². The van der Waals surface area contributed by atoms with E-state index in [1.807, 2.05) is 18.2 Å². The minimum atomic E-state index is -0.404. The second-order valence-electron chi connectivity index (χ2n) is 5.38. The molecular weight excluding hydrogens is 318 g/mol. The molecule has 4 aromatic rings. The molecule has 122 valence electrons. The molecule has 0 aliphatic rings. The minimum Gasteiger partial charge on any atom is -0.505 e. The van der Waals surface area contributed by atoms with Gasteiger partial charge in [0.25, 0.3) is 5.91 Å². The summed E-state index contributed by atoms with van der Waals surface area (Å²) in [5.41, 5.74) is 2.01. The van der Waals surface area contributed by atoms with E-state index in [1.165, 1.54) is 6.33 Å². The Bertz CT molecular complexity index is 1040. The average Bonchev–Trinajstić information content (AvgIpc) is 3.17. The van der Waals surface area contributed by atoms with Crippen LogP contribution in [0.1, 0.15) is 10.4 Å². The number of carbonyl (C=O) groups is 1. The molecule has 0 bridgehead atoms. The number of aromatic hydroxyl groups is 1. The molecule has 2 heterocycles. The molecule has 7 nitrogen and oxygen atoms in total. The third kappa shape index (κ3) is 2.78. The number of carbonyl (C=O) groups excluding carboxylic acids is 1. The zero-order chi connectivity index (χ0) is 17.2. The van der Waals surface area contributed by atoms with E-state index in [4.69, 9.17) is 0 Å². The number of rotatable bonds is 3. The van der Waals surface area contributed by atoms with E-state index in [-0.39, 0.29) is 11.3 Å². The van der Waals surface area contributed by atoms with Gasteiger partial charge in [0.15, 0.2) is 5.75 Å². The van der Waals surface area contributed by atoms with Crippen molar-refractivity contribution in [3.63, 3.8) is 0 Å². The Labute approximate surface area is 142 Å². The van der Waals surface area contributed by atoms with Crippen LogP contribution in [0.5, 0.6) is 5.75 Å². The molecule has 2 N–H and O–H groups in total. The van der Waals surface area contributed by atoms with Crippen LogP contribution in [0.3, 0.4) is 0 Å². The lowest BCUT2D eigenvalue weighted by atomic mass is 10.1. The van der Waals surface area contributed by atoms with Crippen LogP contribution in [0.2, 0.25) is 0 Å². The summed E-state index contributed by atoms with van der Waals surface area (Å²) >= 11 is 0. The largest absolute Gasteiger partial charge is 0.505 e. The van der Waals surface area contributed by atoms with Crippen molar-refractivity contribution in [2.75, 3.05) is 5.32 Å². The highest BCUT2D eigenvalue weighted by Crippen LogP contribution is 2.27. The van der Waals surface area contributed by atoms with Gasteiger partial charge in [-0.3, -0.25) is 9.78 Å². The fourth-order valence-electron chi connectivity index (χ4n) is 2.55. The summed E-state index contributed by atoms with van der Waals surface area (Å²) in [6.07, 6.45) is 4.62. The lowest BCUT2D eigenvalue weighted by Gasteiger charge is -2.09. The van der Waals surface area contributed by atoms with Crippen molar-refractivity contribution in [3.8, 4) is 11.4 Å². The number of amides is 1. The Morgan fingerprint density at radius 3 is 2.68 bits per heavy atom. The van der Waals surface area contributed by atoms with Gasteiger partial charge >= 0.3 is 0 Å². The van der Waals surface area contributed by atoms with Crippen LogP contribution in [0, 0.1) is 0 Å². The van der Waals surface area contributed by atoms with Crippen molar-refractivity contribution in [1.29, 1.82) is 0 Å². The van der Waals surface area contributed by atoms with Gasteiger partial charge in [-0.25, -0.2) is 9.67 Å². The molecule has 0 aliphatic carbocycles. The zero-order valence-electron chi connectivity index (χ0n) is 13.0. The van der Waals surface area contributed by atoms with Crippen LogP contribution in [0.4, 0.5) is 5.69 Å². The third-order valence-corrected chi connectivity index (χ3v) is 3.80. The molecule has 2 aromatic carbocycles. The van der Waals surface area contributed by atoms with Crippen molar-refractivity contribution in [1.82, 2.24) is 19.7 Å². The number of benzene rings is 2. The van der Waals surface area contributed by atoms with E-state index in [9.17, 15) is 9.90 Å². The summed E-state index contributed by atoms with van der Waals surface area (Å²) in [6.45, 7) is 0. The van der Waals surface area contributed by atoms with Crippen LogP contribution in [-0.4, -0.2) is 30.8 Å². The van der Waals surface area contributed by atoms with E-state index in [2.05, 4.69) is 20.4 Å². The number of anilines is 1. The summed E-state index contributed by atoms with van der Waals surface area (Å²) < 4.78 is 1.62. The highest BCUT2D eigenvalue weighted by molar-refractivity contribution is 6.09. The number of fused-ring (bicyclic) bond motifs is 1. The first-order valence-electron chi connectivity index (χ1n) is 7.55. The van der Waals surface area contributed by atoms with E-state index in [0.717, 1.165) is 11.1 Å². The lowest BCUT2D eigenvalue weighted by molar-refractivity contribution is 0.102. The maximum absolute atomic E-state index is 12.5. The fourth-order valence-corrected chi connectivity index (χ4v) is 2.55. The molecule has 0 radical (unpaired) electrons. The van der Waals surface area contributed by atoms with Gasteiger partial charge in [0.1, 0.15) is 18.2 Å². The molecule has 1 amide bonds. The summed E-state index contributed by atoms with van der Waals surface area (Å²) in [5.74, 6) is -0.534. The number of aromatic nitrogens is 4. The molecule has 0 fully saturated rings. The first kappa shape index (κ1) is 14.8. The van der Waals surface area contributed by atoms with Crippen molar-refractivity contribution >= 4 is 22.5 Å². The molecular formula is C18H13N5O2. The van der Waals surface area contributed by atoms with Crippen molar-refractivity contribution in [2.45, 2.75) is 0 Å². The number of hydrogen-bond donors (Lipinski definition) is 2. The Morgan fingerprint density at radius 1 is 1.08 bits per heavy atom. The van der Waals surface area contributed by atoms with E-state index < -0.39 is 5.91 Å². The Hall–Kier alpha value is -3.74. The Kier molecular flexibility index (Phi) is 3.59. The fraction of sp³-hybridized carbons (Fsp3) is 0. The lowest BCUT2D eigenvalue weighted by Crippen LogP contribution is -2.12. The molecule has 4 rings (SSSR count). The molecule has 0 saturated heterocycles. The number of pyridine rings is 1. The Balaban J connectivity index is 1.59. The highest BCUT2D eigenvalue weighted by Gasteiger charge is 2.14. The molecule has 0 atom stereocenters. The number of phenols is 1. The summed E-state index contributed by atoms with van der Waals surface area (Å²) in [7, 11) is 0. The van der Waals surface area contributed by atoms with E-state index in [0.29, 0.717) is 11.2 Å². The number of hydrogen-bond acceptors (Lipinski definition) is 5. The summed E-state index contributed by atoms with van der Waals surface area (Å²) in [5, 5.41) is 17.9. The summed E-state index contributed by atoms with van der Waals surface area (Å²) in [4.78, 5) is 20.5. The van der Waals surface area contributed by atoms with Crippen LogP contribution >= 0.6 is 0 Å². The maximum atomic E-state index is 12.5. The summed E-state index contributed by atoms with van der Waals surface area (Å²) in [6, 6.07) is 14.1. The number of phenolic OH excluding ortho intramolecular Hbond substituents is 1. The maximum Gasteiger partial charge on any atom is 0.259 e. The SMILES string of the molecule is O=C(Nc1ccc(-n2cncn2)cc1)c1ccc2cccnc2c1O. The van der Waals surface area contributed by atoms with Crippen molar-refractivity contribution in [2.24, 2.45) is 0 Å². The standard InChI is InChI=1S/C18H13N5O2/c24-17-15(8-3-12-2-1-9-20-16(12)17)18(25)22-13-4-6-14(7-5-13)23-11-19-10-21-23/h1-11,24H,(H,22,25). The average molecular weight is 331 g/mol. The van der Waals surface area contributed by atoms with Gasteiger partial charge < -0.3 is 10.4 Å². The van der Waals surface area contributed by atoms with Crippen LogP contribution in [-0.2, 0) is 0 Å². The Morgan fingerprint density at radius 2 is 1.92 bits per heavy atom. The van der Waals surface area contributed by atoms with E-state index >= 15 is 0 Å². The van der Waals surface area contributed by atoms with Gasteiger partial charge in [-0.05, 0) is 36.4 Å². The molecule has 0 spiro atoms. The topological polar surface area (TPSA) is 92.9 Å². The second-order valence-corrected chi connectivity index (χ2v) is 5.38. The van der Waals surface area contributed by atoms with Crippen LogP contribution in [0.25, 0.3) is 16.6 Å². The zero-order valence-corrected chi connectivity index (χ0v) is 13.0. The molecule has 0 saturated carbocycles. The predicted octanol–water partition coefficient (Wildman–Crippen LogP) is 2.77. The minimum absolute atomic E-state index is 0.130.